The Kier molecular flexibility index (Phi) is 17.8. The lowest BCUT2D eigenvalue weighted by molar-refractivity contribution is 0.143. The van der Waals surface area contributed by atoms with Gasteiger partial charge >= 0.3 is 0 Å². The summed E-state index contributed by atoms with van der Waals surface area (Å²) in [5.41, 5.74) is 35.8. The zero-order valence-corrected chi connectivity index (χ0v) is 21.2. The number of aliphatic hydroxyl groups excluding tert-OH is 1. The first-order valence-corrected chi connectivity index (χ1v) is 12.5. The summed E-state index contributed by atoms with van der Waals surface area (Å²) in [6, 6.07) is 0. The Morgan fingerprint density at radius 3 is 1.22 bits per heavy atom. The van der Waals surface area contributed by atoms with Gasteiger partial charge in [0.25, 0.3) is 0 Å². The van der Waals surface area contributed by atoms with E-state index in [4.69, 9.17) is 34.4 Å². The Bertz CT molecular complexity index is 444. The maximum absolute atomic E-state index is 10.4. The molecule has 32 heavy (non-hydrogen) atoms. The number of nitrogens with two attached hydrogens (primary N) is 6. The van der Waals surface area contributed by atoms with E-state index in [1.807, 2.05) is 0 Å². The molecule has 15 N–H and O–H groups in total. The quantitative estimate of drug-likeness (QED) is 0.101. The van der Waals surface area contributed by atoms with Gasteiger partial charge in [-0.2, -0.15) is 0 Å². The molecule has 0 aliphatic carbocycles. The van der Waals surface area contributed by atoms with Crippen LogP contribution in [0.3, 0.4) is 0 Å². The molecule has 9 unspecified atom stereocenters. The van der Waals surface area contributed by atoms with Crippen molar-refractivity contribution < 1.29 is 5.11 Å². The van der Waals surface area contributed by atoms with Crippen molar-refractivity contribution in [3.63, 3.8) is 0 Å². The lowest BCUT2D eigenvalue weighted by atomic mass is 9.75. The summed E-state index contributed by atoms with van der Waals surface area (Å²) in [5.74, 6) is 2.60. The topological polar surface area (TPSA) is 200 Å². The second-order valence-corrected chi connectivity index (χ2v) is 9.95. The van der Waals surface area contributed by atoms with Crippen LogP contribution in [0.25, 0.3) is 0 Å². The highest BCUT2D eigenvalue weighted by Crippen LogP contribution is 2.26. The smallest absolute Gasteiger partial charge is 0.0788 e. The molecular weight excluding hydrogens is 404 g/mol. The molecule has 0 aliphatic rings. The molecular formula is C23H56N8O. The molecule has 9 heteroatoms. The number of hydrogen-bond acceptors (Lipinski definition) is 9. The fourth-order valence-electron chi connectivity index (χ4n) is 4.90. The van der Waals surface area contributed by atoms with Gasteiger partial charge in [0.05, 0.1) is 6.10 Å². The van der Waals surface area contributed by atoms with Crippen LogP contribution in [0.1, 0.15) is 27.7 Å². The van der Waals surface area contributed by atoms with Crippen LogP contribution in [0, 0.1) is 47.3 Å². The Balaban J connectivity index is 4.57. The number of hydrogen-bond donors (Lipinski definition) is 9. The predicted octanol–water partition coefficient (Wildman–Crippen LogP) is -1.71. The zero-order valence-electron chi connectivity index (χ0n) is 21.2. The third-order valence-electron chi connectivity index (χ3n) is 7.56. The van der Waals surface area contributed by atoms with Crippen LogP contribution in [0.2, 0.25) is 0 Å². The molecule has 0 spiro atoms. The van der Waals surface area contributed by atoms with Crippen molar-refractivity contribution in [1.82, 2.24) is 10.6 Å². The molecule has 9 atom stereocenters. The van der Waals surface area contributed by atoms with E-state index in [-0.39, 0.29) is 0 Å². The standard InChI is InChI=1S/C23H56N8O/c1-15(5-24)20(8-27)22(10-29)18(4)11-30-12-19(32)13-31-14-23(17(3)7-26)21(9-28)16(2)6-25/h15-23,30-32H,5-14,24-29H2,1-4H3. The molecule has 0 heterocycles. The van der Waals surface area contributed by atoms with E-state index in [0.29, 0.717) is 99.7 Å². The molecule has 194 valence electrons. The van der Waals surface area contributed by atoms with Crippen molar-refractivity contribution in [3.05, 3.63) is 0 Å². The minimum absolute atomic E-state index is 0.303. The van der Waals surface area contributed by atoms with Crippen LogP contribution in [-0.2, 0) is 0 Å². The summed E-state index contributed by atoms with van der Waals surface area (Å²) in [4.78, 5) is 0. The summed E-state index contributed by atoms with van der Waals surface area (Å²) < 4.78 is 0. The van der Waals surface area contributed by atoms with E-state index in [0.717, 1.165) is 13.1 Å². The predicted molar refractivity (Wildman–Crippen MR) is 137 cm³/mol. The van der Waals surface area contributed by atoms with E-state index in [9.17, 15) is 5.11 Å². The van der Waals surface area contributed by atoms with Crippen molar-refractivity contribution in [2.24, 2.45) is 81.7 Å². The van der Waals surface area contributed by atoms with Crippen molar-refractivity contribution >= 4 is 0 Å². The van der Waals surface area contributed by atoms with Gasteiger partial charge in [-0.1, -0.05) is 27.7 Å². The van der Waals surface area contributed by atoms with Gasteiger partial charge in [0.1, 0.15) is 0 Å². The normalized spacial score (nSPS) is 20.7. The number of rotatable bonds is 20. The minimum atomic E-state index is -0.483. The fourth-order valence-corrected chi connectivity index (χ4v) is 4.90. The molecule has 0 amide bonds. The highest BCUT2D eigenvalue weighted by Gasteiger charge is 2.30. The van der Waals surface area contributed by atoms with Gasteiger partial charge in [-0.05, 0) is 99.7 Å². The van der Waals surface area contributed by atoms with E-state index in [2.05, 4.69) is 38.3 Å². The van der Waals surface area contributed by atoms with E-state index >= 15 is 0 Å². The molecule has 0 saturated carbocycles. The summed E-state index contributed by atoms with van der Waals surface area (Å²) in [6.45, 7) is 14.8. The molecule has 0 fully saturated rings. The van der Waals surface area contributed by atoms with Crippen molar-refractivity contribution in [2.45, 2.75) is 33.8 Å². The van der Waals surface area contributed by atoms with Crippen LogP contribution in [0.15, 0.2) is 0 Å². The Hall–Kier alpha value is -0.360. The van der Waals surface area contributed by atoms with Gasteiger partial charge in [0, 0.05) is 13.1 Å². The van der Waals surface area contributed by atoms with Crippen LogP contribution in [0.5, 0.6) is 0 Å². The zero-order chi connectivity index (χ0) is 24.7. The molecule has 0 rings (SSSR count). The summed E-state index contributed by atoms with van der Waals surface area (Å²) in [5, 5.41) is 17.3. The molecule has 0 aromatic rings. The highest BCUT2D eigenvalue weighted by atomic mass is 16.3. The first-order chi connectivity index (χ1) is 15.2. The van der Waals surface area contributed by atoms with Gasteiger partial charge in [-0.15, -0.1) is 0 Å². The van der Waals surface area contributed by atoms with Gasteiger partial charge < -0.3 is 50.1 Å². The van der Waals surface area contributed by atoms with Crippen LogP contribution < -0.4 is 45.0 Å². The third kappa shape index (κ3) is 10.7. The largest absolute Gasteiger partial charge is 0.390 e. The van der Waals surface area contributed by atoms with E-state index in [1.54, 1.807) is 0 Å². The first-order valence-electron chi connectivity index (χ1n) is 12.5. The van der Waals surface area contributed by atoms with E-state index < -0.39 is 6.10 Å². The minimum Gasteiger partial charge on any atom is -0.390 e. The summed E-state index contributed by atoms with van der Waals surface area (Å²) >= 11 is 0. The number of aliphatic hydroxyl groups is 1. The summed E-state index contributed by atoms with van der Waals surface area (Å²) in [6.07, 6.45) is -0.483. The van der Waals surface area contributed by atoms with Crippen molar-refractivity contribution in [1.29, 1.82) is 0 Å². The monoisotopic (exact) mass is 460 g/mol. The van der Waals surface area contributed by atoms with Crippen molar-refractivity contribution in [3.8, 4) is 0 Å². The summed E-state index contributed by atoms with van der Waals surface area (Å²) in [7, 11) is 0. The Labute approximate surface area is 197 Å². The average Bonchev–Trinajstić information content (AvgIpc) is 2.80. The van der Waals surface area contributed by atoms with E-state index in [1.165, 1.54) is 0 Å². The van der Waals surface area contributed by atoms with Crippen LogP contribution >= 0.6 is 0 Å². The average molecular weight is 461 g/mol. The molecule has 0 aromatic carbocycles. The van der Waals surface area contributed by atoms with Gasteiger partial charge in [0.2, 0.25) is 0 Å². The number of nitrogens with one attached hydrogen (secondary N) is 2. The Morgan fingerprint density at radius 1 is 0.469 bits per heavy atom. The van der Waals surface area contributed by atoms with Gasteiger partial charge in [-0.25, -0.2) is 0 Å². The second-order valence-electron chi connectivity index (χ2n) is 9.95. The van der Waals surface area contributed by atoms with Gasteiger partial charge in [0.15, 0.2) is 0 Å². The lowest BCUT2D eigenvalue weighted by Gasteiger charge is -2.35. The SMILES string of the molecule is CC(CN)C(CN)C(CN)C(C)CNCC(O)CNCC(C(C)CN)C(CN)C(C)CN. The van der Waals surface area contributed by atoms with Crippen LogP contribution in [-0.4, -0.2) is 76.7 Å². The van der Waals surface area contributed by atoms with Crippen LogP contribution in [0.4, 0.5) is 0 Å². The lowest BCUT2D eigenvalue weighted by Crippen LogP contribution is -2.46. The fraction of sp³-hybridized carbons (Fsp3) is 1.00. The second kappa shape index (κ2) is 18.0. The molecule has 9 nitrogen and oxygen atoms in total. The third-order valence-corrected chi connectivity index (χ3v) is 7.56. The maximum Gasteiger partial charge on any atom is 0.0788 e. The molecule has 0 bridgehead atoms. The molecule has 0 aliphatic heterocycles. The molecule has 0 saturated heterocycles. The first kappa shape index (κ1) is 31.6. The Morgan fingerprint density at radius 2 is 0.812 bits per heavy atom. The molecule has 0 aromatic heterocycles. The molecule has 0 radical (unpaired) electrons. The van der Waals surface area contributed by atoms with Gasteiger partial charge in [-0.3, -0.25) is 0 Å². The van der Waals surface area contributed by atoms with Crippen molar-refractivity contribution in [2.75, 3.05) is 65.4 Å². The highest BCUT2D eigenvalue weighted by molar-refractivity contribution is 4.84. The maximum atomic E-state index is 10.4.